The number of aryl methyl sites for hydroxylation is 7. The topological polar surface area (TPSA) is 528 Å². The molecule has 3 aromatic carbocycles. The number of rotatable bonds is 27. The number of carboxylic acids is 2. The molecule has 10 rings (SSSR count). The van der Waals surface area contributed by atoms with E-state index in [1.807, 2.05) is 75.6 Å². The molecule has 10 N–H and O–H groups in total. The third-order valence-electron chi connectivity index (χ3n) is 18.6. The number of benzene rings is 3. The van der Waals surface area contributed by atoms with E-state index < -0.39 is 57.6 Å². The van der Waals surface area contributed by atoms with E-state index >= 15 is 0 Å². The molecular weight excluding hydrogens is 1770 g/mol. The van der Waals surface area contributed by atoms with Crippen LogP contribution in [-0.4, -0.2) is 200 Å². The van der Waals surface area contributed by atoms with E-state index in [4.69, 9.17) is 94.3 Å². The summed E-state index contributed by atoms with van der Waals surface area (Å²) in [5.41, 5.74) is 32.0. The summed E-state index contributed by atoms with van der Waals surface area (Å²) in [4.78, 5) is 181. The van der Waals surface area contributed by atoms with Gasteiger partial charge in [-0.25, -0.2) is 0 Å². The van der Waals surface area contributed by atoms with Crippen LogP contribution in [0, 0.1) is 40.5 Å². The van der Waals surface area contributed by atoms with Crippen LogP contribution in [0.5, 0.6) is 0 Å². The zero-order valence-electron chi connectivity index (χ0n) is 74.0. The average Bonchev–Trinajstić information content (AvgIpc) is 1.74. The molecule has 34 nitrogen and oxygen atoms in total. The monoisotopic (exact) mass is 1880 g/mol. The van der Waals surface area contributed by atoms with Gasteiger partial charge in [0.1, 0.15) is 34.7 Å². The van der Waals surface area contributed by atoms with Crippen molar-refractivity contribution in [2.45, 2.75) is 222 Å². The summed E-state index contributed by atoms with van der Waals surface area (Å²) in [7, 11) is 1.35. The molecule has 2 saturated carbocycles. The Kier molecular flexibility index (Phi) is 57.4. The van der Waals surface area contributed by atoms with E-state index in [1.54, 1.807) is 56.3 Å². The van der Waals surface area contributed by atoms with Crippen molar-refractivity contribution in [1.82, 2.24) is 9.13 Å². The molecule has 3 amide bonds. The number of esters is 3. The standard InChI is InChI=1S/C18H22N2O3.C16H18N2O3.C11H18O5.C10H14O4.C10H16O4.C8H10N2O.C8H12O3.C2Cl2O2.C2H3ClO.C2H4O2.CH2Cl2/c1-4-23-17(21)10-8-15-7-5-13(3)20(15)16-9-6-14(18(19)22)11-12(16)2;1-10-9-12(16(17)21)4-7-14(10)18-11(2)3-5-13(18)6-8-15(19)20;1-9(12)3-5-11(15-7-8-16-11)6-4-10(13)14-2;1-7(11)8-6-10(3-2-9(8)12)13-4-5-14-10;1-3-14-10(13)7-6-9(12)5-4-8(2)11;1-5-4-6(8(10)11)2-3-7(5)9;9-7-1-3-8(4-2-7)10-5-6-11-8;3-1(5)2(4)6;2*1-2(3)4;2-1-3/h5-7,9,11H,4,8,10H2,1-3H3,(H2,19,22);3-5,7,9H,6,8H2,1-2H3,(H2,17,21)(H,19,20);3-8H2,1-2H3;8H,2-6H2,1H3;3-7H2,1-2H3;2-4H,9H2,1H3,(H2,10,11);1-6H2;;1H3;1H3,(H,3,4);1H2. The van der Waals surface area contributed by atoms with Crippen molar-refractivity contribution in [3.8, 4) is 11.4 Å². The molecule has 5 fully saturated rings. The first kappa shape index (κ1) is 117. The van der Waals surface area contributed by atoms with Crippen molar-refractivity contribution in [3.05, 3.63) is 135 Å². The summed E-state index contributed by atoms with van der Waals surface area (Å²) in [6.45, 7) is 24.2. The van der Waals surface area contributed by atoms with E-state index in [-0.39, 0.29) is 102 Å². The van der Waals surface area contributed by atoms with Crippen LogP contribution in [-0.2, 0) is 123 Å². The van der Waals surface area contributed by atoms with Gasteiger partial charge in [-0.2, -0.15) is 0 Å². The third-order valence-corrected chi connectivity index (χ3v) is 19.0. The van der Waals surface area contributed by atoms with Crippen LogP contribution in [0.25, 0.3) is 11.4 Å². The van der Waals surface area contributed by atoms with Gasteiger partial charge in [0.25, 0.3) is 5.97 Å². The minimum absolute atomic E-state index is 0.00511. The summed E-state index contributed by atoms with van der Waals surface area (Å²) in [6, 6.07) is 23.5. The Morgan fingerprint density at radius 2 is 0.850 bits per heavy atom. The van der Waals surface area contributed by atoms with Crippen LogP contribution >= 0.6 is 58.0 Å². The molecule has 1 unspecified atom stereocenters. The molecule has 5 aromatic rings. The number of ketones is 6. The molecule has 1 atom stereocenters. The number of alkyl halides is 2. The summed E-state index contributed by atoms with van der Waals surface area (Å²) in [6.07, 6.45) is 8.01. The predicted octanol–water partition coefficient (Wildman–Crippen LogP) is 12.3. The molecule has 704 valence electrons. The Morgan fingerprint density at radius 1 is 0.480 bits per heavy atom. The first-order valence-electron chi connectivity index (χ1n) is 40.2. The maximum absolute atomic E-state index is 11.6. The van der Waals surface area contributed by atoms with Crippen molar-refractivity contribution in [3.63, 3.8) is 0 Å². The van der Waals surface area contributed by atoms with E-state index in [2.05, 4.69) is 48.8 Å². The van der Waals surface area contributed by atoms with Crippen molar-refractivity contribution in [2.24, 2.45) is 23.1 Å². The summed E-state index contributed by atoms with van der Waals surface area (Å²) < 4.78 is 51.2. The number of Topliss-reactive ketones (excluding diaryl/α,β-unsaturated/α-hetero) is 6. The molecule has 3 saturated heterocycles. The van der Waals surface area contributed by atoms with Crippen molar-refractivity contribution >= 4 is 162 Å². The number of methoxy groups -OCH3 is 1. The van der Waals surface area contributed by atoms with Crippen LogP contribution < -0.4 is 22.9 Å². The number of nitrogens with zero attached hydrogens (tertiary/aromatic N) is 2. The fourth-order valence-corrected chi connectivity index (χ4v) is 12.3. The highest BCUT2D eigenvalue weighted by Crippen LogP contribution is 2.38. The second kappa shape index (κ2) is 62.3. The van der Waals surface area contributed by atoms with Gasteiger partial charge in [-0.05, 0) is 212 Å². The smallest absolute Gasteiger partial charge is 0.306 e. The number of ether oxygens (including phenoxy) is 9. The lowest BCUT2D eigenvalue weighted by Gasteiger charge is -2.34. The number of aromatic nitrogens is 2. The van der Waals surface area contributed by atoms with Crippen LogP contribution in [0.2, 0.25) is 0 Å². The lowest BCUT2D eigenvalue weighted by Crippen LogP contribution is -2.42. The SMILES string of the molecule is CC(=O)C1CC2(CCC1=O)OCCO2.CC(=O)Cl.CC(=O)O.CCOC(=O)CCC(=O)CCC(C)=O.CCOC(=O)CCc1ccc(C)n1-c1ccc(C(N)=O)cc1C.COC(=O)CCC1(CCC(C)=O)OCCO1.Cc1cc(C(N)=O)ccc1-n1c(C)ccc1CCC(=O)O.Cc1cc(C(N)=O)ccc1N.ClCCl.O=C(Cl)C(=O)Cl.O=C1CCC2(CC1)OCCO2. The Hall–Kier alpha value is -9.98. The van der Waals surface area contributed by atoms with Crippen molar-refractivity contribution in [2.75, 3.05) is 71.0 Å². The summed E-state index contributed by atoms with van der Waals surface area (Å²) >= 11 is 23.1. The van der Waals surface area contributed by atoms with E-state index in [0.29, 0.717) is 152 Å². The van der Waals surface area contributed by atoms with Crippen molar-refractivity contribution in [1.29, 1.82) is 0 Å². The minimum Gasteiger partial charge on any atom is -0.481 e. The van der Waals surface area contributed by atoms with Crippen molar-refractivity contribution < 1.29 is 134 Å². The number of halogens is 5. The van der Waals surface area contributed by atoms with E-state index in [0.717, 1.165) is 70.6 Å². The lowest BCUT2D eigenvalue weighted by molar-refractivity contribution is -0.190. The number of aliphatic carboxylic acids is 2. The number of carbonyl (C=O) groups is 17. The number of nitrogen functional groups attached to an aromatic ring is 1. The van der Waals surface area contributed by atoms with Gasteiger partial charge in [0.15, 0.2) is 17.4 Å². The minimum atomic E-state index is -1.14. The second-order valence-corrected chi connectivity index (χ2v) is 30.7. The third kappa shape index (κ3) is 48.1. The molecular formula is C88H119Cl5N6O28. The van der Waals surface area contributed by atoms with E-state index in [1.165, 1.54) is 34.8 Å². The number of amides is 3. The quantitative estimate of drug-likeness (QED) is 0.00541. The Bertz CT molecular complexity index is 4460. The fraction of sp³-hybridized carbons (Fsp3) is 0.511. The molecule has 0 radical (unpaired) electrons. The number of carbonyl (C=O) groups excluding carboxylic acids is 15. The number of anilines is 1. The van der Waals surface area contributed by atoms with Gasteiger partial charge in [-0.1, -0.05) is 0 Å². The number of hydrogen-bond donors (Lipinski definition) is 6. The van der Waals surface area contributed by atoms with Gasteiger partial charge in [0.05, 0.1) is 96.9 Å². The molecule has 2 spiro atoms. The number of hydrogen-bond acceptors (Lipinski definition) is 27. The fourth-order valence-electron chi connectivity index (χ4n) is 12.3. The average molecular weight is 1890 g/mol. The molecule has 127 heavy (non-hydrogen) atoms. The largest absolute Gasteiger partial charge is 0.481 e. The maximum Gasteiger partial charge on any atom is 0.306 e. The number of carboxylic acid groups (broad SMARTS) is 2. The molecule has 5 heterocycles. The maximum atomic E-state index is 11.6. The zero-order chi connectivity index (χ0) is 96.9. The van der Waals surface area contributed by atoms with Gasteiger partial charge in [-0.3, -0.25) is 71.9 Å². The van der Waals surface area contributed by atoms with Gasteiger partial charge in [0.2, 0.25) is 23.0 Å². The summed E-state index contributed by atoms with van der Waals surface area (Å²) in [5.74, 6) is -5.77. The van der Waals surface area contributed by atoms with Gasteiger partial charge in [-0.15, -0.1) is 23.2 Å². The first-order chi connectivity index (χ1) is 59.5. The van der Waals surface area contributed by atoms with Crippen LogP contribution in [0.3, 0.4) is 0 Å². The Labute approximate surface area is 763 Å². The highest BCUT2D eigenvalue weighted by atomic mass is 35.5. The van der Waals surface area contributed by atoms with Gasteiger partial charge >= 0.3 is 34.4 Å². The highest BCUT2D eigenvalue weighted by Gasteiger charge is 2.46. The number of nitrogens with two attached hydrogens (primary N) is 4. The molecule has 2 aromatic heterocycles. The molecule has 39 heteroatoms. The lowest BCUT2D eigenvalue weighted by atomic mass is 9.81. The van der Waals surface area contributed by atoms with Crippen LogP contribution in [0.15, 0.2) is 78.9 Å². The van der Waals surface area contributed by atoms with Crippen LogP contribution in [0.4, 0.5) is 5.69 Å². The Morgan fingerprint density at radius 3 is 1.22 bits per heavy atom. The molecule has 3 aliphatic heterocycles. The molecule has 0 bridgehead atoms. The van der Waals surface area contributed by atoms with E-state index in [9.17, 15) is 76.7 Å². The highest BCUT2D eigenvalue weighted by molar-refractivity contribution is 6.97. The second-order valence-electron chi connectivity index (χ2n) is 28.6. The Balaban J connectivity index is 0.00000143. The van der Waals surface area contributed by atoms with Gasteiger partial charge in [0, 0.05) is 154 Å². The molecule has 2 aliphatic carbocycles. The molecule has 5 aliphatic rings. The zero-order valence-corrected chi connectivity index (χ0v) is 77.8. The predicted molar refractivity (Wildman–Crippen MR) is 473 cm³/mol. The van der Waals surface area contributed by atoms with Gasteiger partial charge < -0.3 is 94.5 Å². The van der Waals surface area contributed by atoms with Crippen LogP contribution in [0.1, 0.15) is 228 Å². The normalized spacial score (nSPS) is 14.7. The summed E-state index contributed by atoms with van der Waals surface area (Å²) in [5, 5.41) is 13.8. The first-order valence-corrected chi connectivity index (χ1v) is 42.4. The number of primary amides is 3.